The van der Waals surface area contributed by atoms with Crippen molar-refractivity contribution in [3.8, 4) is 11.5 Å². The van der Waals surface area contributed by atoms with Crippen LogP contribution < -0.4 is 4.74 Å². The average molecular weight is 347 g/mol. The van der Waals surface area contributed by atoms with E-state index in [9.17, 15) is 19.4 Å². The van der Waals surface area contributed by atoms with Gasteiger partial charge < -0.3 is 14.9 Å². The summed E-state index contributed by atoms with van der Waals surface area (Å²) in [5, 5.41) is 19.7. The molecule has 1 aliphatic rings. The Balaban J connectivity index is 2.63. The first-order valence-corrected chi connectivity index (χ1v) is 7.22. The lowest BCUT2D eigenvalue weighted by molar-refractivity contribution is -0.145. The number of rotatable bonds is 3. The summed E-state index contributed by atoms with van der Waals surface area (Å²) in [5.41, 5.74) is -1.10. The van der Waals surface area contributed by atoms with Gasteiger partial charge in [0.2, 0.25) is 5.82 Å². The van der Waals surface area contributed by atoms with Crippen molar-refractivity contribution in [3.05, 3.63) is 21.9 Å². The minimum atomic E-state index is -1.22. The SMILES string of the molecule is COc1c(Br)cc(C2(C(=O)O)CCCCC2)c(O)c1F. The van der Waals surface area contributed by atoms with Gasteiger partial charge in [0.15, 0.2) is 11.5 Å². The molecule has 110 valence electrons. The molecule has 0 heterocycles. The monoisotopic (exact) mass is 346 g/mol. The zero-order valence-electron chi connectivity index (χ0n) is 11.1. The molecule has 0 atom stereocenters. The topological polar surface area (TPSA) is 66.8 Å². The standard InChI is InChI=1S/C14H16BrFO4/c1-20-12-9(15)7-8(11(17)10(12)16)14(13(18)19)5-3-2-4-6-14/h7,17H,2-6H2,1H3,(H,18,19). The van der Waals surface area contributed by atoms with Crippen molar-refractivity contribution < 1.29 is 24.1 Å². The highest BCUT2D eigenvalue weighted by Gasteiger charge is 2.44. The van der Waals surface area contributed by atoms with E-state index in [4.69, 9.17) is 4.74 Å². The maximum Gasteiger partial charge on any atom is 0.314 e. The number of halogens is 2. The first kappa shape index (κ1) is 15.1. The lowest BCUT2D eigenvalue weighted by Crippen LogP contribution is -2.38. The first-order valence-electron chi connectivity index (χ1n) is 6.43. The molecule has 1 fully saturated rings. The van der Waals surface area contributed by atoms with Crippen LogP contribution >= 0.6 is 15.9 Å². The van der Waals surface area contributed by atoms with E-state index in [1.165, 1.54) is 13.2 Å². The molecule has 4 nitrogen and oxygen atoms in total. The molecule has 1 saturated carbocycles. The molecule has 0 radical (unpaired) electrons. The summed E-state index contributed by atoms with van der Waals surface area (Å²) >= 11 is 3.16. The van der Waals surface area contributed by atoms with E-state index in [-0.39, 0.29) is 11.3 Å². The molecular formula is C14H16BrFO4. The quantitative estimate of drug-likeness (QED) is 0.877. The minimum absolute atomic E-state index is 0.120. The van der Waals surface area contributed by atoms with Crippen molar-refractivity contribution in [2.45, 2.75) is 37.5 Å². The van der Waals surface area contributed by atoms with Gasteiger partial charge in [0.05, 0.1) is 17.0 Å². The molecule has 1 aromatic rings. The summed E-state index contributed by atoms with van der Waals surface area (Å²) < 4.78 is 19.3. The highest BCUT2D eigenvalue weighted by atomic mass is 79.9. The third-order valence-corrected chi connectivity index (χ3v) is 4.58. The highest BCUT2D eigenvalue weighted by Crippen LogP contribution is 2.47. The third-order valence-electron chi connectivity index (χ3n) is 3.99. The summed E-state index contributed by atoms with van der Waals surface area (Å²) in [6.45, 7) is 0. The largest absolute Gasteiger partial charge is 0.505 e. The molecule has 2 N–H and O–H groups in total. The van der Waals surface area contributed by atoms with Gasteiger partial charge in [-0.25, -0.2) is 0 Å². The van der Waals surface area contributed by atoms with Crippen LogP contribution in [0.3, 0.4) is 0 Å². The average Bonchev–Trinajstić information content (AvgIpc) is 2.44. The number of benzene rings is 1. The van der Waals surface area contributed by atoms with Crippen LogP contribution in [0.1, 0.15) is 37.7 Å². The number of aliphatic carboxylic acids is 1. The molecule has 6 heteroatoms. The molecule has 0 unspecified atom stereocenters. The van der Waals surface area contributed by atoms with Crippen LogP contribution in [0.5, 0.6) is 11.5 Å². The van der Waals surface area contributed by atoms with E-state index in [1.807, 2.05) is 0 Å². The molecule has 1 aliphatic carbocycles. The zero-order chi connectivity index (χ0) is 14.9. The van der Waals surface area contributed by atoms with Gasteiger partial charge in [-0.1, -0.05) is 19.3 Å². The summed E-state index contributed by atoms with van der Waals surface area (Å²) in [6, 6.07) is 1.46. The predicted octanol–water partition coefficient (Wildman–Crippen LogP) is 3.59. The van der Waals surface area contributed by atoms with E-state index in [2.05, 4.69) is 15.9 Å². The van der Waals surface area contributed by atoms with Crippen LogP contribution in [-0.2, 0) is 10.2 Å². The van der Waals surface area contributed by atoms with Crippen LogP contribution in [0.25, 0.3) is 0 Å². The summed E-state index contributed by atoms with van der Waals surface area (Å²) in [4.78, 5) is 11.7. The van der Waals surface area contributed by atoms with E-state index in [0.29, 0.717) is 17.3 Å². The van der Waals surface area contributed by atoms with Crippen LogP contribution in [0.2, 0.25) is 0 Å². The number of carboxylic acids is 1. The maximum atomic E-state index is 14.1. The fraction of sp³-hybridized carbons (Fsp3) is 0.500. The summed E-state index contributed by atoms with van der Waals surface area (Å²) in [5.74, 6) is -2.70. The van der Waals surface area contributed by atoms with E-state index >= 15 is 0 Å². The number of aromatic hydroxyl groups is 1. The van der Waals surface area contributed by atoms with Gasteiger partial charge in [-0.05, 0) is 34.8 Å². The van der Waals surface area contributed by atoms with E-state index in [0.717, 1.165) is 19.3 Å². The Bertz CT molecular complexity index is 538. The Morgan fingerprint density at radius 3 is 2.50 bits per heavy atom. The first-order chi connectivity index (χ1) is 9.44. The number of methoxy groups -OCH3 is 1. The maximum absolute atomic E-state index is 14.1. The number of carboxylic acid groups (broad SMARTS) is 1. The molecule has 2 rings (SSSR count). The molecule has 0 bridgehead atoms. The molecule has 0 aliphatic heterocycles. The van der Waals surface area contributed by atoms with Crippen molar-refractivity contribution in [1.82, 2.24) is 0 Å². The third kappa shape index (κ3) is 2.26. The molecule has 1 aromatic carbocycles. The van der Waals surface area contributed by atoms with Crippen molar-refractivity contribution >= 4 is 21.9 Å². The molecule has 20 heavy (non-hydrogen) atoms. The van der Waals surface area contributed by atoms with Crippen LogP contribution in [0.4, 0.5) is 4.39 Å². The molecule has 0 amide bonds. The van der Waals surface area contributed by atoms with Gasteiger partial charge in [-0.2, -0.15) is 4.39 Å². The number of hydrogen-bond acceptors (Lipinski definition) is 3. The van der Waals surface area contributed by atoms with Gasteiger partial charge in [0.1, 0.15) is 0 Å². The second-order valence-electron chi connectivity index (χ2n) is 5.05. The Morgan fingerprint density at radius 2 is 2.00 bits per heavy atom. The Morgan fingerprint density at radius 1 is 1.40 bits per heavy atom. The van der Waals surface area contributed by atoms with Gasteiger partial charge in [0.25, 0.3) is 0 Å². The minimum Gasteiger partial charge on any atom is -0.505 e. The smallest absolute Gasteiger partial charge is 0.314 e. The van der Waals surface area contributed by atoms with Crippen molar-refractivity contribution in [2.24, 2.45) is 0 Å². The molecule has 0 spiro atoms. The summed E-state index contributed by atoms with van der Waals surface area (Å²) in [7, 11) is 1.29. The van der Waals surface area contributed by atoms with Crippen molar-refractivity contribution in [1.29, 1.82) is 0 Å². The number of hydrogen-bond donors (Lipinski definition) is 2. The Labute approximate surface area is 124 Å². The van der Waals surface area contributed by atoms with Gasteiger partial charge in [0, 0.05) is 5.56 Å². The lowest BCUT2D eigenvalue weighted by atomic mass is 9.69. The number of phenolic OH excluding ortho intramolecular Hbond substituents is 1. The van der Waals surface area contributed by atoms with Gasteiger partial charge in [-0.15, -0.1) is 0 Å². The normalized spacial score (nSPS) is 17.8. The second kappa shape index (κ2) is 5.60. The number of carbonyl (C=O) groups is 1. The predicted molar refractivity (Wildman–Crippen MR) is 74.7 cm³/mol. The molecule has 0 aromatic heterocycles. The fourth-order valence-corrected chi connectivity index (χ4v) is 3.46. The molecular weight excluding hydrogens is 331 g/mol. The zero-order valence-corrected chi connectivity index (χ0v) is 12.7. The van der Waals surface area contributed by atoms with E-state index in [1.54, 1.807) is 0 Å². The Hall–Kier alpha value is -1.30. The Kier molecular flexibility index (Phi) is 4.22. The number of phenols is 1. The van der Waals surface area contributed by atoms with Gasteiger partial charge in [-0.3, -0.25) is 4.79 Å². The highest BCUT2D eigenvalue weighted by molar-refractivity contribution is 9.10. The van der Waals surface area contributed by atoms with Crippen LogP contribution in [-0.4, -0.2) is 23.3 Å². The van der Waals surface area contributed by atoms with Crippen molar-refractivity contribution in [3.63, 3.8) is 0 Å². The number of ether oxygens (including phenoxy) is 1. The lowest BCUT2D eigenvalue weighted by Gasteiger charge is -2.34. The fourth-order valence-electron chi connectivity index (χ4n) is 2.90. The summed E-state index contributed by atoms with van der Waals surface area (Å²) in [6.07, 6.45) is 3.24. The molecule has 0 saturated heterocycles. The second-order valence-corrected chi connectivity index (χ2v) is 5.90. The van der Waals surface area contributed by atoms with Crippen LogP contribution in [0.15, 0.2) is 10.5 Å². The van der Waals surface area contributed by atoms with E-state index < -0.39 is 23.0 Å². The van der Waals surface area contributed by atoms with Crippen molar-refractivity contribution in [2.75, 3.05) is 7.11 Å². The van der Waals surface area contributed by atoms with Crippen LogP contribution in [0, 0.1) is 5.82 Å². The van der Waals surface area contributed by atoms with Gasteiger partial charge >= 0.3 is 5.97 Å².